The Balaban J connectivity index is 2.10. The minimum atomic E-state index is 0.535. The summed E-state index contributed by atoms with van der Waals surface area (Å²) in [6, 6.07) is 7.86. The summed E-state index contributed by atoms with van der Waals surface area (Å²) in [7, 11) is 0. The molecule has 0 bridgehead atoms. The average molecular weight is 277 g/mol. The third-order valence-electron chi connectivity index (χ3n) is 4.76. The molecule has 1 aliphatic heterocycles. The molecule has 2 nitrogen and oxygen atoms in total. The van der Waals surface area contributed by atoms with Crippen LogP contribution in [0.25, 0.3) is 0 Å². The molecule has 0 spiro atoms. The lowest BCUT2D eigenvalue weighted by Crippen LogP contribution is -2.39. The SMILES string of the molecule is CCC1(CC)CCN(c2ccc(C#N)c(Cl)c2)CC1. The zero-order chi connectivity index (χ0) is 13.9. The molecule has 0 amide bonds. The van der Waals surface area contributed by atoms with E-state index in [0.29, 0.717) is 16.0 Å². The van der Waals surface area contributed by atoms with E-state index in [2.05, 4.69) is 24.8 Å². The van der Waals surface area contributed by atoms with Crippen molar-refractivity contribution in [2.45, 2.75) is 39.5 Å². The molecule has 0 aliphatic carbocycles. The Morgan fingerprint density at radius 1 is 1.26 bits per heavy atom. The van der Waals surface area contributed by atoms with E-state index >= 15 is 0 Å². The Kier molecular flexibility index (Phi) is 4.37. The maximum atomic E-state index is 8.90. The number of hydrogen-bond acceptors (Lipinski definition) is 2. The van der Waals surface area contributed by atoms with E-state index < -0.39 is 0 Å². The second-order valence-electron chi connectivity index (χ2n) is 5.47. The molecular weight excluding hydrogens is 256 g/mol. The van der Waals surface area contributed by atoms with Gasteiger partial charge in [0.15, 0.2) is 0 Å². The third-order valence-corrected chi connectivity index (χ3v) is 5.08. The molecule has 1 aromatic rings. The van der Waals surface area contributed by atoms with E-state index in [4.69, 9.17) is 16.9 Å². The van der Waals surface area contributed by atoms with E-state index in [1.54, 1.807) is 0 Å². The van der Waals surface area contributed by atoms with Crippen LogP contribution < -0.4 is 4.90 Å². The fourth-order valence-corrected chi connectivity index (χ4v) is 3.20. The van der Waals surface area contributed by atoms with Gasteiger partial charge in [0.1, 0.15) is 6.07 Å². The second-order valence-corrected chi connectivity index (χ2v) is 5.88. The summed E-state index contributed by atoms with van der Waals surface area (Å²) >= 11 is 6.11. The average Bonchev–Trinajstić information content (AvgIpc) is 2.47. The molecule has 0 aromatic heterocycles. The number of hydrogen-bond donors (Lipinski definition) is 0. The van der Waals surface area contributed by atoms with E-state index in [1.807, 2.05) is 18.2 Å². The van der Waals surface area contributed by atoms with E-state index in [-0.39, 0.29) is 0 Å². The van der Waals surface area contributed by atoms with E-state index in [1.165, 1.54) is 25.7 Å². The zero-order valence-electron chi connectivity index (χ0n) is 11.7. The van der Waals surface area contributed by atoms with Crippen LogP contribution in [0.1, 0.15) is 45.1 Å². The number of anilines is 1. The fraction of sp³-hybridized carbons (Fsp3) is 0.562. The van der Waals surface area contributed by atoms with Crippen molar-refractivity contribution >= 4 is 17.3 Å². The second kappa shape index (κ2) is 5.84. The van der Waals surface area contributed by atoms with Crippen LogP contribution in [0, 0.1) is 16.7 Å². The number of halogens is 1. The molecule has 0 saturated carbocycles. The number of benzene rings is 1. The first-order valence-electron chi connectivity index (χ1n) is 7.09. The standard InChI is InChI=1S/C16H21ClN2/c1-3-16(4-2)7-9-19(10-8-16)14-6-5-13(12-18)15(17)11-14/h5-6,11H,3-4,7-10H2,1-2H3. The monoisotopic (exact) mass is 276 g/mol. The summed E-state index contributed by atoms with van der Waals surface area (Å²) in [6.45, 7) is 6.78. The maximum Gasteiger partial charge on any atom is 0.101 e. The molecule has 1 aromatic carbocycles. The van der Waals surface area contributed by atoms with Crippen LogP contribution in [-0.4, -0.2) is 13.1 Å². The lowest BCUT2D eigenvalue weighted by Gasteiger charge is -2.42. The van der Waals surface area contributed by atoms with Crippen molar-refractivity contribution in [3.05, 3.63) is 28.8 Å². The minimum absolute atomic E-state index is 0.535. The molecule has 19 heavy (non-hydrogen) atoms. The van der Waals surface area contributed by atoms with Crippen LogP contribution in [0.4, 0.5) is 5.69 Å². The summed E-state index contributed by atoms with van der Waals surface area (Å²) in [5.41, 5.74) is 2.23. The lowest BCUT2D eigenvalue weighted by molar-refractivity contribution is 0.199. The molecule has 1 saturated heterocycles. The van der Waals surface area contributed by atoms with E-state index in [9.17, 15) is 0 Å². The summed E-state index contributed by atoms with van der Waals surface area (Å²) in [4.78, 5) is 2.39. The Morgan fingerprint density at radius 2 is 1.89 bits per heavy atom. The Bertz CT molecular complexity index is 476. The highest BCUT2D eigenvalue weighted by molar-refractivity contribution is 6.32. The van der Waals surface area contributed by atoms with Gasteiger partial charge in [0.25, 0.3) is 0 Å². The minimum Gasteiger partial charge on any atom is -0.371 e. The Hall–Kier alpha value is -1.20. The highest BCUT2D eigenvalue weighted by atomic mass is 35.5. The first-order chi connectivity index (χ1) is 9.14. The zero-order valence-corrected chi connectivity index (χ0v) is 12.5. The molecule has 1 fully saturated rings. The van der Waals surface area contributed by atoms with Crippen molar-refractivity contribution in [2.24, 2.45) is 5.41 Å². The predicted molar refractivity (Wildman–Crippen MR) is 80.6 cm³/mol. The van der Waals surface area contributed by atoms with Gasteiger partial charge in [-0.3, -0.25) is 0 Å². The van der Waals surface area contributed by atoms with Gasteiger partial charge in [0, 0.05) is 18.8 Å². The van der Waals surface area contributed by atoms with Gasteiger partial charge < -0.3 is 4.90 Å². The summed E-state index contributed by atoms with van der Waals surface area (Å²) in [5.74, 6) is 0. The Morgan fingerprint density at radius 3 is 2.37 bits per heavy atom. The maximum absolute atomic E-state index is 8.90. The molecular formula is C16H21ClN2. The molecule has 0 radical (unpaired) electrons. The van der Waals surface area contributed by atoms with Crippen molar-refractivity contribution in [3.8, 4) is 6.07 Å². The third kappa shape index (κ3) is 2.87. The molecule has 102 valence electrons. The molecule has 1 aliphatic rings. The summed E-state index contributed by atoms with van der Waals surface area (Å²) in [5, 5.41) is 9.46. The molecule has 2 rings (SSSR count). The van der Waals surface area contributed by atoms with Crippen LogP contribution in [0.15, 0.2) is 18.2 Å². The number of nitrogens with zero attached hydrogens (tertiary/aromatic N) is 2. The van der Waals surface area contributed by atoms with Gasteiger partial charge >= 0.3 is 0 Å². The number of piperidine rings is 1. The first kappa shape index (κ1) is 14.2. The molecule has 0 N–H and O–H groups in total. The predicted octanol–water partition coefficient (Wildman–Crippen LogP) is 4.62. The summed E-state index contributed by atoms with van der Waals surface area (Å²) < 4.78 is 0. The van der Waals surface area contributed by atoms with Crippen LogP contribution >= 0.6 is 11.6 Å². The number of rotatable bonds is 3. The quantitative estimate of drug-likeness (QED) is 0.805. The van der Waals surface area contributed by atoms with Gasteiger partial charge in [-0.25, -0.2) is 0 Å². The molecule has 0 atom stereocenters. The van der Waals surface area contributed by atoms with Crippen molar-refractivity contribution in [3.63, 3.8) is 0 Å². The highest BCUT2D eigenvalue weighted by Crippen LogP contribution is 2.39. The van der Waals surface area contributed by atoms with Crippen LogP contribution in [0.2, 0.25) is 5.02 Å². The van der Waals surface area contributed by atoms with E-state index in [0.717, 1.165) is 18.8 Å². The smallest absolute Gasteiger partial charge is 0.101 e. The van der Waals surface area contributed by atoms with Crippen molar-refractivity contribution < 1.29 is 0 Å². The van der Waals surface area contributed by atoms with Crippen molar-refractivity contribution in [2.75, 3.05) is 18.0 Å². The largest absolute Gasteiger partial charge is 0.371 e. The number of nitriles is 1. The molecule has 3 heteroatoms. The van der Waals surface area contributed by atoms with Crippen molar-refractivity contribution in [1.82, 2.24) is 0 Å². The van der Waals surface area contributed by atoms with Gasteiger partial charge in [-0.15, -0.1) is 0 Å². The topological polar surface area (TPSA) is 27.0 Å². The highest BCUT2D eigenvalue weighted by Gasteiger charge is 2.31. The van der Waals surface area contributed by atoms with Crippen molar-refractivity contribution in [1.29, 1.82) is 5.26 Å². The van der Waals surface area contributed by atoms with Crippen LogP contribution in [0.5, 0.6) is 0 Å². The molecule has 0 unspecified atom stereocenters. The van der Waals surface area contributed by atoms with Gasteiger partial charge in [0.05, 0.1) is 10.6 Å². The lowest BCUT2D eigenvalue weighted by atomic mass is 9.74. The Labute approximate surface area is 121 Å². The van der Waals surface area contributed by atoms with Crippen LogP contribution in [0.3, 0.4) is 0 Å². The summed E-state index contributed by atoms with van der Waals surface area (Å²) in [6.07, 6.45) is 5.03. The molecule has 1 heterocycles. The normalized spacial score (nSPS) is 18.1. The van der Waals surface area contributed by atoms with Gasteiger partial charge in [-0.1, -0.05) is 38.3 Å². The van der Waals surface area contributed by atoms with Gasteiger partial charge in [0.2, 0.25) is 0 Å². The first-order valence-corrected chi connectivity index (χ1v) is 7.46. The fourth-order valence-electron chi connectivity index (χ4n) is 2.99. The van der Waals surface area contributed by atoms with Gasteiger partial charge in [-0.05, 0) is 36.5 Å². The van der Waals surface area contributed by atoms with Gasteiger partial charge in [-0.2, -0.15) is 5.26 Å². The van der Waals surface area contributed by atoms with Crippen LogP contribution in [-0.2, 0) is 0 Å².